The number of hydrogen-bond donors (Lipinski definition) is 4. The van der Waals surface area contributed by atoms with Crippen molar-refractivity contribution < 1.29 is 24.8 Å². The Labute approximate surface area is 112 Å². The van der Waals surface area contributed by atoms with Crippen molar-refractivity contribution in [2.45, 2.75) is 5.54 Å². The topological polar surface area (TPSA) is 91.2 Å². The predicted octanol–water partition coefficient (Wildman–Crippen LogP) is -0.621. The van der Waals surface area contributed by atoms with Gasteiger partial charge in [0.1, 0.15) is 18.1 Å². The molecule has 6 nitrogen and oxygen atoms in total. The molecular formula is C13H21NO5. The van der Waals surface area contributed by atoms with Gasteiger partial charge in [-0.3, -0.25) is 0 Å². The molecule has 0 fully saturated rings. The third-order valence-electron chi connectivity index (χ3n) is 2.84. The number of rotatable bonds is 9. The SMILES string of the molecule is COc1ccc(OCCNC(CO)(CO)CO)cc1. The van der Waals surface area contributed by atoms with Gasteiger partial charge in [0.05, 0.1) is 32.5 Å². The molecule has 0 bridgehead atoms. The number of aliphatic hydroxyl groups excluding tert-OH is 3. The van der Waals surface area contributed by atoms with E-state index in [0.29, 0.717) is 18.9 Å². The minimum atomic E-state index is -1.07. The third kappa shape index (κ3) is 4.68. The fraction of sp³-hybridized carbons (Fsp3) is 0.538. The molecule has 0 aliphatic rings. The van der Waals surface area contributed by atoms with E-state index in [2.05, 4.69) is 5.32 Å². The van der Waals surface area contributed by atoms with Crippen LogP contribution in [0.4, 0.5) is 0 Å². The van der Waals surface area contributed by atoms with Crippen LogP contribution >= 0.6 is 0 Å². The van der Waals surface area contributed by atoms with E-state index < -0.39 is 5.54 Å². The summed E-state index contributed by atoms with van der Waals surface area (Å²) >= 11 is 0. The monoisotopic (exact) mass is 271 g/mol. The standard InChI is InChI=1S/C13H21NO5/c1-18-11-2-4-12(5-3-11)19-7-6-14-13(8-15,9-16)10-17/h2-5,14-17H,6-10H2,1H3. The molecule has 0 spiro atoms. The largest absolute Gasteiger partial charge is 0.497 e. The Hall–Kier alpha value is -1.34. The zero-order valence-electron chi connectivity index (χ0n) is 11.0. The van der Waals surface area contributed by atoms with Gasteiger partial charge in [-0.2, -0.15) is 0 Å². The van der Waals surface area contributed by atoms with Crippen LogP contribution < -0.4 is 14.8 Å². The zero-order chi connectivity index (χ0) is 14.1. The summed E-state index contributed by atoms with van der Waals surface area (Å²) in [5.41, 5.74) is -1.07. The van der Waals surface area contributed by atoms with E-state index in [1.54, 1.807) is 31.4 Å². The molecule has 1 rings (SSSR count). The Morgan fingerprint density at radius 2 is 1.53 bits per heavy atom. The molecule has 1 aromatic rings. The molecule has 108 valence electrons. The first-order valence-corrected chi connectivity index (χ1v) is 6.04. The summed E-state index contributed by atoms with van der Waals surface area (Å²) in [7, 11) is 1.60. The number of ether oxygens (including phenoxy) is 2. The molecule has 0 saturated carbocycles. The molecule has 0 radical (unpaired) electrons. The van der Waals surface area contributed by atoms with E-state index in [1.165, 1.54) is 0 Å². The van der Waals surface area contributed by atoms with E-state index in [9.17, 15) is 0 Å². The van der Waals surface area contributed by atoms with Gasteiger partial charge in [-0.05, 0) is 24.3 Å². The van der Waals surface area contributed by atoms with Crippen LogP contribution in [0.2, 0.25) is 0 Å². The van der Waals surface area contributed by atoms with Crippen LogP contribution in [-0.4, -0.2) is 60.9 Å². The zero-order valence-corrected chi connectivity index (χ0v) is 11.0. The van der Waals surface area contributed by atoms with Crippen LogP contribution in [0.3, 0.4) is 0 Å². The summed E-state index contributed by atoms with van der Waals surface area (Å²) in [4.78, 5) is 0. The first-order valence-electron chi connectivity index (χ1n) is 6.04. The lowest BCUT2D eigenvalue weighted by atomic mass is 10.0. The van der Waals surface area contributed by atoms with Gasteiger partial charge < -0.3 is 30.1 Å². The number of hydrogen-bond acceptors (Lipinski definition) is 6. The molecule has 6 heteroatoms. The minimum Gasteiger partial charge on any atom is -0.497 e. The molecule has 0 unspecified atom stereocenters. The maximum atomic E-state index is 9.11. The number of aliphatic hydroxyl groups is 3. The molecule has 19 heavy (non-hydrogen) atoms. The Balaban J connectivity index is 2.33. The minimum absolute atomic E-state index is 0.345. The quantitative estimate of drug-likeness (QED) is 0.447. The first kappa shape index (κ1) is 15.7. The highest BCUT2D eigenvalue weighted by molar-refractivity contribution is 5.31. The highest BCUT2D eigenvalue weighted by atomic mass is 16.5. The van der Waals surface area contributed by atoms with Gasteiger partial charge in [-0.25, -0.2) is 0 Å². The Morgan fingerprint density at radius 3 is 2.00 bits per heavy atom. The summed E-state index contributed by atoms with van der Waals surface area (Å²) in [6.07, 6.45) is 0. The van der Waals surface area contributed by atoms with Gasteiger partial charge in [-0.1, -0.05) is 0 Å². The van der Waals surface area contributed by atoms with Gasteiger partial charge in [0.25, 0.3) is 0 Å². The van der Waals surface area contributed by atoms with Crippen LogP contribution in [0, 0.1) is 0 Å². The molecular weight excluding hydrogens is 250 g/mol. The van der Waals surface area contributed by atoms with E-state index in [4.69, 9.17) is 24.8 Å². The van der Waals surface area contributed by atoms with Crippen molar-refractivity contribution in [3.63, 3.8) is 0 Å². The number of nitrogens with one attached hydrogen (secondary N) is 1. The fourth-order valence-electron chi connectivity index (χ4n) is 1.47. The van der Waals surface area contributed by atoms with Crippen LogP contribution in [0.25, 0.3) is 0 Å². The van der Waals surface area contributed by atoms with Crippen molar-refractivity contribution >= 4 is 0 Å². The average molecular weight is 271 g/mol. The van der Waals surface area contributed by atoms with E-state index >= 15 is 0 Å². The maximum Gasteiger partial charge on any atom is 0.119 e. The molecule has 0 heterocycles. The molecule has 0 amide bonds. The molecule has 4 N–H and O–H groups in total. The second-order valence-electron chi connectivity index (χ2n) is 4.21. The first-order chi connectivity index (χ1) is 9.19. The molecule has 0 aliphatic heterocycles. The van der Waals surface area contributed by atoms with Crippen molar-refractivity contribution in [1.29, 1.82) is 0 Å². The van der Waals surface area contributed by atoms with Gasteiger partial charge in [0.2, 0.25) is 0 Å². The summed E-state index contributed by atoms with van der Waals surface area (Å²) in [5, 5.41) is 30.2. The Kier molecular flexibility index (Phi) is 6.58. The van der Waals surface area contributed by atoms with E-state index in [0.717, 1.165) is 5.75 Å². The summed E-state index contributed by atoms with van der Waals surface area (Å²) in [5.74, 6) is 1.45. The van der Waals surface area contributed by atoms with E-state index in [1.807, 2.05) is 0 Å². The highest BCUT2D eigenvalue weighted by Crippen LogP contribution is 2.16. The van der Waals surface area contributed by atoms with Crippen molar-refractivity contribution in [1.82, 2.24) is 5.32 Å². The van der Waals surface area contributed by atoms with Gasteiger partial charge >= 0.3 is 0 Å². The molecule has 0 atom stereocenters. The van der Waals surface area contributed by atoms with Gasteiger partial charge in [-0.15, -0.1) is 0 Å². The fourth-order valence-corrected chi connectivity index (χ4v) is 1.47. The second kappa shape index (κ2) is 7.96. The molecule has 0 aliphatic carbocycles. The number of benzene rings is 1. The Morgan fingerprint density at radius 1 is 1.00 bits per heavy atom. The maximum absolute atomic E-state index is 9.11. The third-order valence-corrected chi connectivity index (χ3v) is 2.84. The van der Waals surface area contributed by atoms with Crippen molar-refractivity contribution in [3.05, 3.63) is 24.3 Å². The highest BCUT2D eigenvalue weighted by Gasteiger charge is 2.26. The van der Waals surface area contributed by atoms with Crippen molar-refractivity contribution in [2.24, 2.45) is 0 Å². The summed E-state index contributed by atoms with van der Waals surface area (Å²) < 4.78 is 10.5. The van der Waals surface area contributed by atoms with Crippen molar-refractivity contribution in [3.8, 4) is 11.5 Å². The lowest BCUT2D eigenvalue weighted by molar-refractivity contribution is 0.0405. The molecule has 0 saturated heterocycles. The van der Waals surface area contributed by atoms with Crippen molar-refractivity contribution in [2.75, 3.05) is 40.1 Å². The normalized spacial score (nSPS) is 11.4. The lowest BCUT2D eigenvalue weighted by Crippen LogP contribution is -2.55. The summed E-state index contributed by atoms with van der Waals surface area (Å²) in [6, 6.07) is 7.16. The molecule has 1 aromatic carbocycles. The van der Waals surface area contributed by atoms with Crippen LogP contribution in [0.15, 0.2) is 24.3 Å². The van der Waals surface area contributed by atoms with Gasteiger partial charge in [0.15, 0.2) is 0 Å². The van der Waals surface area contributed by atoms with Crippen LogP contribution in [0.1, 0.15) is 0 Å². The Bertz CT molecular complexity index is 342. The predicted molar refractivity (Wildman–Crippen MR) is 70.5 cm³/mol. The van der Waals surface area contributed by atoms with Crippen LogP contribution in [-0.2, 0) is 0 Å². The van der Waals surface area contributed by atoms with E-state index in [-0.39, 0.29) is 19.8 Å². The van der Waals surface area contributed by atoms with Crippen LogP contribution in [0.5, 0.6) is 11.5 Å². The van der Waals surface area contributed by atoms with Gasteiger partial charge in [0, 0.05) is 6.54 Å². The molecule has 0 aromatic heterocycles. The second-order valence-corrected chi connectivity index (χ2v) is 4.21. The summed E-state index contributed by atoms with van der Waals surface area (Å²) in [6.45, 7) is -0.282. The smallest absolute Gasteiger partial charge is 0.119 e. The number of methoxy groups -OCH3 is 1. The lowest BCUT2D eigenvalue weighted by Gasteiger charge is -2.28. The average Bonchev–Trinajstić information content (AvgIpc) is 2.49.